The maximum Gasteiger partial charge on any atom is 0.0574 e. The van der Waals surface area contributed by atoms with Gasteiger partial charge in [-0.25, -0.2) is 0 Å². The molecule has 1 aromatic rings. The molecule has 1 aromatic heterocycles. The molecule has 0 aromatic carbocycles. The van der Waals surface area contributed by atoms with E-state index in [1.165, 1.54) is 17.9 Å². The number of hydrogen-bond donors (Lipinski definition) is 1. The second-order valence-corrected chi connectivity index (χ2v) is 8.11. The Kier molecular flexibility index (Phi) is 5.94. The normalized spacial score (nSPS) is 20.1. The van der Waals surface area contributed by atoms with E-state index < -0.39 is 0 Å². The van der Waals surface area contributed by atoms with Gasteiger partial charge in [-0.05, 0) is 31.5 Å². The van der Waals surface area contributed by atoms with Gasteiger partial charge in [0.2, 0.25) is 0 Å². The lowest BCUT2D eigenvalue weighted by Crippen LogP contribution is -2.27. The molecular weight excluding hydrogens is 278 g/mol. The third-order valence-electron chi connectivity index (χ3n) is 4.19. The van der Waals surface area contributed by atoms with Crippen molar-refractivity contribution in [3.63, 3.8) is 0 Å². The highest BCUT2D eigenvalue weighted by Crippen LogP contribution is 2.32. The number of hydrogen-bond acceptors (Lipinski definition) is 4. The highest BCUT2D eigenvalue weighted by atomic mass is 32.2. The summed E-state index contributed by atoms with van der Waals surface area (Å²) in [5.74, 6) is 1.20. The van der Waals surface area contributed by atoms with Crippen molar-refractivity contribution in [2.75, 3.05) is 30.3 Å². The fraction of sp³-hybridized carbons (Fsp3) is 0.706. The highest BCUT2D eigenvalue weighted by Gasteiger charge is 2.24. The molecule has 1 aliphatic rings. The summed E-state index contributed by atoms with van der Waals surface area (Å²) in [5.41, 5.74) is 2.43. The Bertz CT molecular complexity index is 430. The van der Waals surface area contributed by atoms with E-state index in [1.807, 2.05) is 0 Å². The number of nitrogens with one attached hydrogen (secondary N) is 1. The van der Waals surface area contributed by atoms with Crippen LogP contribution in [-0.4, -0.2) is 35.1 Å². The van der Waals surface area contributed by atoms with E-state index in [-0.39, 0.29) is 0 Å². The van der Waals surface area contributed by atoms with Crippen LogP contribution in [0.25, 0.3) is 0 Å². The summed E-state index contributed by atoms with van der Waals surface area (Å²) in [6, 6.07) is 4.81. The minimum atomic E-state index is 0.377. The number of rotatable bonds is 5. The monoisotopic (exact) mass is 307 g/mol. The highest BCUT2D eigenvalue weighted by molar-refractivity contribution is 8.00. The fourth-order valence-electron chi connectivity index (χ4n) is 2.77. The summed E-state index contributed by atoms with van der Waals surface area (Å²) < 4.78 is 0.403. The van der Waals surface area contributed by atoms with Crippen LogP contribution in [0.4, 0.5) is 5.69 Å². The summed E-state index contributed by atoms with van der Waals surface area (Å²) in [6.45, 7) is 12.3. The number of anilines is 1. The summed E-state index contributed by atoms with van der Waals surface area (Å²) in [5, 5.41) is 3.49. The van der Waals surface area contributed by atoms with E-state index in [9.17, 15) is 0 Å². The minimum Gasteiger partial charge on any atom is -0.369 e. The third-order valence-corrected chi connectivity index (χ3v) is 5.56. The van der Waals surface area contributed by atoms with Crippen molar-refractivity contribution in [3.8, 4) is 0 Å². The molecule has 0 saturated carbocycles. The maximum absolute atomic E-state index is 4.70. The zero-order valence-electron chi connectivity index (χ0n) is 13.9. The molecule has 4 heteroatoms. The van der Waals surface area contributed by atoms with Gasteiger partial charge in [0.05, 0.1) is 17.6 Å². The molecule has 0 bridgehead atoms. The molecular formula is C17H29N3S. The first-order valence-electron chi connectivity index (χ1n) is 8.14. The predicted molar refractivity (Wildman–Crippen MR) is 94.3 cm³/mol. The molecule has 1 unspecified atom stereocenters. The van der Waals surface area contributed by atoms with Crippen molar-refractivity contribution < 1.29 is 0 Å². The van der Waals surface area contributed by atoms with Gasteiger partial charge in [-0.1, -0.05) is 27.7 Å². The van der Waals surface area contributed by atoms with Crippen LogP contribution in [0.1, 0.15) is 52.3 Å². The first-order valence-corrected chi connectivity index (χ1v) is 9.12. The third kappa shape index (κ3) is 4.62. The van der Waals surface area contributed by atoms with Crippen molar-refractivity contribution in [2.45, 2.75) is 51.3 Å². The van der Waals surface area contributed by atoms with Gasteiger partial charge in [-0.2, -0.15) is 11.8 Å². The fourth-order valence-corrected chi connectivity index (χ4v) is 3.87. The molecule has 118 valence electrons. The van der Waals surface area contributed by atoms with Crippen molar-refractivity contribution in [3.05, 3.63) is 24.0 Å². The van der Waals surface area contributed by atoms with Crippen LogP contribution < -0.4 is 10.2 Å². The zero-order valence-corrected chi connectivity index (χ0v) is 14.7. The van der Waals surface area contributed by atoms with E-state index in [0.29, 0.717) is 10.8 Å². The number of aromatic nitrogens is 1. The average molecular weight is 308 g/mol. The summed E-state index contributed by atoms with van der Waals surface area (Å²) in [6.07, 6.45) is 4.36. The van der Waals surface area contributed by atoms with Crippen molar-refractivity contribution in [1.82, 2.24) is 10.3 Å². The van der Waals surface area contributed by atoms with Gasteiger partial charge in [0, 0.05) is 29.6 Å². The van der Waals surface area contributed by atoms with E-state index in [1.54, 1.807) is 0 Å². The minimum absolute atomic E-state index is 0.377. The Morgan fingerprint density at radius 3 is 2.76 bits per heavy atom. The van der Waals surface area contributed by atoms with Gasteiger partial charge in [-0.15, -0.1) is 0 Å². The van der Waals surface area contributed by atoms with Crippen LogP contribution in [0, 0.1) is 0 Å². The Labute approximate surface area is 133 Å². The second kappa shape index (κ2) is 7.50. The summed E-state index contributed by atoms with van der Waals surface area (Å²) >= 11 is 2.09. The Balaban J connectivity index is 2.04. The Hall–Kier alpha value is -0.740. The molecule has 2 rings (SSSR count). The molecule has 1 aliphatic heterocycles. The summed E-state index contributed by atoms with van der Waals surface area (Å²) in [7, 11) is 0. The molecule has 0 aliphatic carbocycles. The van der Waals surface area contributed by atoms with E-state index in [0.717, 1.165) is 31.7 Å². The average Bonchev–Trinajstić information content (AvgIpc) is 2.66. The van der Waals surface area contributed by atoms with E-state index in [4.69, 9.17) is 4.98 Å². The van der Waals surface area contributed by atoms with Gasteiger partial charge in [-0.3, -0.25) is 4.98 Å². The van der Waals surface area contributed by atoms with Crippen molar-refractivity contribution in [2.24, 2.45) is 0 Å². The van der Waals surface area contributed by atoms with E-state index in [2.05, 4.69) is 68.0 Å². The maximum atomic E-state index is 4.70. The van der Waals surface area contributed by atoms with Gasteiger partial charge in [0.1, 0.15) is 0 Å². The number of pyridine rings is 1. The number of thioether (sulfide) groups is 1. The quantitative estimate of drug-likeness (QED) is 0.894. The Morgan fingerprint density at radius 2 is 2.14 bits per heavy atom. The van der Waals surface area contributed by atoms with E-state index >= 15 is 0 Å². The molecule has 0 amide bonds. The predicted octanol–water partition coefficient (Wildman–Crippen LogP) is 3.86. The molecule has 1 saturated heterocycles. The molecule has 3 nitrogen and oxygen atoms in total. The standard InChI is InChI=1S/C17H29N3S/c1-5-15(18-6-2)16-8-7-14(13-19-16)20-10-9-17(3,4)21-12-11-20/h7-8,13,15,18H,5-6,9-12H2,1-4H3. The molecule has 21 heavy (non-hydrogen) atoms. The van der Waals surface area contributed by atoms with Gasteiger partial charge in [0.25, 0.3) is 0 Å². The van der Waals surface area contributed by atoms with Gasteiger partial charge >= 0.3 is 0 Å². The van der Waals surface area contributed by atoms with Gasteiger partial charge < -0.3 is 10.2 Å². The van der Waals surface area contributed by atoms with Crippen molar-refractivity contribution in [1.29, 1.82) is 0 Å². The summed E-state index contributed by atoms with van der Waals surface area (Å²) in [4.78, 5) is 7.18. The molecule has 0 spiro atoms. The van der Waals surface area contributed by atoms with Crippen LogP contribution in [0.2, 0.25) is 0 Å². The largest absolute Gasteiger partial charge is 0.369 e. The molecule has 2 heterocycles. The molecule has 1 fully saturated rings. The molecule has 0 radical (unpaired) electrons. The lowest BCUT2D eigenvalue weighted by molar-refractivity contribution is 0.524. The second-order valence-electron chi connectivity index (χ2n) is 6.30. The first kappa shape index (κ1) is 16.6. The van der Waals surface area contributed by atoms with Crippen LogP contribution in [0.5, 0.6) is 0 Å². The van der Waals surface area contributed by atoms with Crippen LogP contribution in [0.3, 0.4) is 0 Å². The Morgan fingerprint density at radius 1 is 1.33 bits per heavy atom. The molecule has 1 N–H and O–H groups in total. The van der Waals surface area contributed by atoms with Crippen LogP contribution in [-0.2, 0) is 0 Å². The number of nitrogens with zero attached hydrogens (tertiary/aromatic N) is 2. The first-order chi connectivity index (χ1) is 10.1. The lowest BCUT2D eigenvalue weighted by atomic mass is 10.1. The van der Waals surface area contributed by atoms with Gasteiger partial charge in [0.15, 0.2) is 0 Å². The molecule has 1 atom stereocenters. The zero-order chi connectivity index (χ0) is 15.3. The van der Waals surface area contributed by atoms with Crippen LogP contribution in [0.15, 0.2) is 18.3 Å². The topological polar surface area (TPSA) is 28.2 Å². The SMILES string of the molecule is CCNC(CC)c1ccc(N2CCSC(C)(C)CC2)cn1. The lowest BCUT2D eigenvalue weighted by Gasteiger charge is -2.24. The van der Waals surface area contributed by atoms with Crippen molar-refractivity contribution >= 4 is 17.4 Å². The van der Waals surface area contributed by atoms with Crippen LogP contribution >= 0.6 is 11.8 Å². The smallest absolute Gasteiger partial charge is 0.0574 e.